The van der Waals surface area contributed by atoms with Gasteiger partial charge in [0, 0.05) is 35.6 Å². The van der Waals surface area contributed by atoms with Crippen molar-refractivity contribution >= 4 is 29.4 Å². The number of hydrogen-bond acceptors (Lipinski definition) is 5. The Labute approximate surface area is 213 Å². The molecule has 36 heavy (non-hydrogen) atoms. The molecule has 0 spiro atoms. The average molecular weight is 505 g/mol. The minimum atomic E-state index is -0.388. The molecule has 4 aromatic rings. The van der Waals surface area contributed by atoms with Crippen LogP contribution in [0.15, 0.2) is 83.6 Å². The first-order valence-electron chi connectivity index (χ1n) is 11.7. The van der Waals surface area contributed by atoms with E-state index in [1.54, 1.807) is 28.8 Å². The van der Waals surface area contributed by atoms with Gasteiger partial charge in [-0.2, -0.15) is 0 Å². The van der Waals surface area contributed by atoms with E-state index in [9.17, 15) is 9.59 Å². The van der Waals surface area contributed by atoms with Crippen LogP contribution in [0.4, 0.5) is 5.95 Å². The molecule has 1 aliphatic heterocycles. The van der Waals surface area contributed by atoms with E-state index in [1.807, 2.05) is 48.7 Å². The van der Waals surface area contributed by atoms with Crippen LogP contribution in [0, 0.1) is 0 Å². The SMILES string of the molecule is O=C(CN(C[C@@H]1CCCO1)C(=O)c1ccco1)Nc1nc(-c2ccccc2)cn1-c1cccc(Cl)c1. The molecule has 0 radical (unpaired) electrons. The first-order chi connectivity index (χ1) is 17.6. The van der Waals surface area contributed by atoms with Crippen molar-refractivity contribution in [3.63, 3.8) is 0 Å². The van der Waals surface area contributed by atoms with Gasteiger partial charge in [-0.1, -0.05) is 48.0 Å². The van der Waals surface area contributed by atoms with Crippen molar-refractivity contribution in [2.24, 2.45) is 0 Å². The summed E-state index contributed by atoms with van der Waals surface area (Å²) in [5, 5.41) is 3.44. The van der Waals surface area contributed by atoms with Gasteiger partial charge in [0.1, 0.15) is 6.54 Å². The van der Waals surface area contributed by atoms with Crippen LogP contribution in [-0.2, 0) is 9.53 Å². The number of rotatable bonds is 8. The third-order valence-electron chi connectivity index (χ3n) is 5.91. The predicted molar refractivity (Wildman–Crippen MR) is 136 cm³/mol. The summed E-state index contributed by atoms with van der Waals surface area (Å²) in [4.78, 5) is 32.4. The predicted octanol–water partition coefficient (Wildman–Crippen LogP) is 5.05. The van der Waals surface area contributed by atoms with Gasteiger partial charge in [0.05, 0.1) is 18.1 Å². The Morgan fingerprint density at radius 2 is 1.97 bits per heavy atom. The third kappa shape index (κ3) is 5.50. The molecule has 1 aliphatic rings. The number of aromatic nitrogens is 2. The Kier molecular flexibility index (Phi) is 7.16. The number of furan rings is 1. The molecular formula is C27H25ClN4O4. The molecular weight excluding hydrogens is 480 g/mol. The van der Waals surface area contributed by atoms with Crippen LogP contribution in [0.5, 0.6) is 0 Å². The summed E-state index contributed by atoms with van der Waals surface area (Å²) in [6.07, 6.45) is 4.93. The highest BCUT2D eigenvalue weighted by Crippen LogP contribution is 2.26. The molecule has 1 saturated heterocycles. The maximum atomic E-state index is 13.2. The van der Waals surface area contributed by atoms with Crippen molar-refractivity contribution in [1.82, 2.24) is 14.5 Å². The molecule has 184 valence electrons. The van der Waals surface area contributed by atoms with Crippen LogP contribution in [0.1, 0.15) is 23.4 Å². The lowest BCUT2D eigenvalue weighted by Crippen LogP contribution is -2.42. The van der Waals surface area contributed by atoms with Gasteiger partial charge in [0.2, 0.25) is 11.9 Å². The maximum Gasteiger partial charge on any atom is 0.290 e. The van der Waals surface area contributed by atoms with Crippen LogP contribution < -0.4 is 5.32 Å². The van der Waals surface area contributed by atoms with Gasteiger partial charge >= 0.3 is 0 Å². The first-order valence-corrected chi connectivity index (χ1v) is 12.1. The Morgan fingerprint density at radius 1 is 1.11 bits per heavy atom. The number of carbonyl (C=O) groups is 2. The van der Waals surface area contributed by atoms with Crippen LogP contribution in [0.2, 0.25) is 5.02 Å². The second-order valence-electron chi connectivity index (χ2n) is 8.51. The van der Waals surface area contributed by atoms with E-state index >= 15 is 0 Å². The van der Waals surface area contributed by atoms with Crippen LogP contribution in [-0.4, -0.2) is 52.1 Å². The second kappa shape index (κ2) is 10.8. The van der Waals surface area contributed by atoms with Gasteiger partial charge in [-0.15, -0.1) is 0 Å². The smallest absolute Gasteiger partial charge is 0.290 e. The molecule has 2 aromatic heterocycles. The van der Waals surface area contributed by atoms with Gasteiger partial charge < -0.3 is 14.1 Å². The minimum absolute atomic E-state index is 0.116. The number of halogens is 1. The van der Waals surface area contributed by atoms with E-state index < -0.39 is 0 Å². The van der Waals surface area contributed by atoms with Crippen molar-refractivity contribution in [1.29, 1.82) is 0 Å². The molecule has 0 bridgehead atoms. The molecule has 1 atom stereocenters. The molecule has 3 heterocycles. The van der Waals surface area contributed by atoms with E-state index in [0.29, 0.717) is 29.8 Å². The van der Waals surface area contributed by atoms with Crippen LogP contribution in [0.3, 0.4) is 0 Å². The zero-order chi connectivity index (χ0) is 24.9. The van der Waals surface area contributed by atoms with Crippen molar-refractivity contribution < 1.29 is 18.7 Å². The number of benzene rings is 2. The number of anilines is 1. The fraction of sp³-hybridized carbons (Fsp3) is 0.222. The summed E-state index contributed by atoms with van der Waals surface area (Å²) >= 11 is 6.22. The summed E-state index contributed by atoms with van der Waals surface area (Å²) in [5.74, 6) is -0.258. The lowest BCUT2D eigenvalue weighted by Gasteiger charge is -2.24. The zero-order valence-electron chi connectivity index (χ0n) is 19.5. The largest absolute Gasteiger partial charge is 0.459 e. The number of carbonyl (C=O) groups excluding carboxylic acids is 2. The first kappa shape index (κ1) is 23.8. The van der Waals surface area contributed by atoms with Crippen molar-refractivity contribution in [3.05, 3.63) is 90.0 Å². The van der Waals surface area contributed by atoms with E-state index in [0.717, 1.165) is 24.1 Å². The summed E-state index contributed by atoms with van der Waals surface area (Å²) in [6.45, 7) is 0.770. The lowest BCUT2D eigenvalue weighted by atomic mass is 10.2. The molecule has 8 nitrogen and oxygen atoms in total. The normalized spacial score (nSPS) is 15.1. The molecule has 1 fully saturated rings. The molecule has 5 rings (SSSR count). The molecule has 2 amide bonds. The fourth-order valence-electron chi connectivity index (χ4n) is 4.19. The molecule has 9 heteroatoms. The fourth-order valence-corrected chi connectivity index (χ4v) is 4.37. The summed E-state index contributed by atoms with van der Waals surface area (Å²) < 4.78 is 12.8. The number of nitrogens with zero attached hydrogens (tertiary/aromatic N) is 3. The highest BCUT2D eigenvalue weighted by molar-refractivity contribution is 6.30. The monoisotopic (exact) mass is 504 g/mol. The Balaban J connectivity index is 1.40. The highest BCUT2D eigenvalue weighted by atomic mass is 35.5. The lowest BCUT2D eigenvalue weighted by molar-refractivity contribution is -0.117. The van der Waals surface area contributed by atoms with Crippen LogP contribution >= 0.6 is 11.6 Å². The summed E-state index contributed by atoms with van der Waals surface area (Å²) in [7, 11) is 0. The molecule has 0 unspecified atom stereocenters. The highest BCUT2D eigenvalue weighted by Gasteiger charge is 2.27. The topological polar surface area (TPSA) is 89.6 Å². The van der Waals surface area contributed by atoms with Crippen molar-refractivity contribution in [3.8, 4) is 16.9 Å². The van der Waals surface area contributed by atoms with Crippen molar-refractivity contribution in [2.45, 2.75) is 18.9 Å². The van der Waals surface area contributed by atoms with E-state index in [-0.39, 0.29) is 30.2 Å². The van der Waals surface area contributed by atoms with Gasteiger partial charge in [-0.25, -0.2) is 4.98 Å². The second-order valence-corrected chi connectivity index (χ2v) is 8.95. The molecule has 0 saturated carbocycles. The maximum absolute atomic E-state index is 13.2. The zero-order valence-corrected chi connectivity index (χ0v) is 20.2. The molecule has 1 N–H and O–H groups in total. The van der Waals surface area contributed by atoms with Crippen molar-refractivity contribution in [2.75, 3.05) is 25.0 Å². The number of ether oxygens (including phenoxy) is 1. The Bertz CT molecular complexity index is 1330. The molecule has 2 aromatic carbocycles. The number of nitrogens with one attached hydrogen (secondary N) is 1. The number of amides is 2. The van der Waals surface area contributed by atoms with Gasteiger partial charge in [0.15, 0.2) is 5.76 Å². The minimum Gasteiger partial charge on any atom is -0.459 e. The number of imidazole rings is 1. The standard InChI is InChI=1S/C27H25ClN4O4/c28-20-9-4-10-21(15-20)32-17-23(19-7-2-1-3-8-19)29-27(32)30-25(33)18-31(16-22-11-5-13-35-22)26(34)24-12-6-14-36-24/h1-4,6-10,12,14-15,17,22H,5,11,13,16,18H2,(H,29,30,33)/t22-/m0/s1. The summed E-state index contributed by atoms with van der Waals surface area (Å²) in [6, 6.07) is 20.2. The van der Waals surface area contributed by atoms with Crippen LogP contribution in [0.25, 0.3) is 16.9 Å². The van der Waals surface area contributed by atoms with E-state index in [1.165, 1.54) is 11.2 Å². The average Bonchev–Trinajstić information content (AvgIpc) is 3.66. The summed E-state index contributed by atoms with van der Waals surface area (Å²) in [5.41, 5.74) is 2.34. The van der Waals surface area contributed by atoms with E-state index in [2.05, 4.69) is 10.3 Å². The third-order valence-corrected chi connectivity index (χ3v) is 6.15. The number of hydrogen-bond donors (Lipinski definition) is 1. The van der Waals surface area contributed by atoms with Gasteiger partial charge in [-0.05, 0) is 43.2 Å². The quantitative estimate of drug-likeness (QED) is 0.363. The van der Waals surface area contributed by atoms with E-state index in [4.69, 9.17) is 20.8 Å². The molecule has 0 aliphatic carbocycles. The van der Waals surface area contributed by atoms with Gasteiger partial charge in [-0.3, -0.25) is 19.5 Å². The Hall–Kier alpha value is -3.88. The van der Waals surface area contributed by atoms with Gasteiger partial charge in [0.25, 0.3) is 5.91 Å². The Morgan fingerprint density at radius 3 is 2.69 bits per heavy atom.